The summed E-state index contributed by atoms with van der Waals surface area (Å²) in [7, 11) is 0. The zero-order chi connectivity index (χ0) is 12.8. The molecule has 1 aliphatic rings. The van der Waals surface area contributed by atoms with Gasteiger partial charge >= 0.3 is 0 Å². The van der Waals surface area contributed by atoms with Crippen molar-refractivity contribution in [3.63, 3.8) is 0 Å². The van der Waals surface area contributed by atoms with Crippen LogP contribution < -0.4 is 11.1 Å². The zero-order valence-electron chi connectivity index (χ0n) is 11.2. The van der Waals surface area contributed by atoms with Crippen molar-refractivity contribution in [1.82, 2.24) is 5.32 Å². The molecule has 0 amide bonds. The minimum atomic E-state index is 0.0666. The Kier molecular flexibility index (Phi) is 4.61. The molecule has 1 unspecified atom stereocenters. The maximum atomic E-state index is 5.76. The van der Waals surface area contributed by atoms with Crippen LogP contribution in [0.25, 0.3) is 0 Å². The zero-order valence-corrected chi connectivity index (χ0v) is 11.2. The number of nitrogen functional groups attached to an aromatic ring is 1. The standard InChI is InChI=1S/C15H24N2O/c1-15(8-4-10-18-15)12-17-9-3-6-13-5-2-7-14(16)11-13/h2,5,7,11,17H,3-4,6,8-10,12,16H2,1H3. The van der Waals surface area contributed by atoms with E-state index >= 15 is 0 Å². The quantitative estimate of drug-likeness (QED) is 0.600. The third kappa shape index (κ3) is 4.00. The smallest absolute Gasteiger partial charge is 0.0779 e. The number of hydrogen-bond acceptors (Lipinski definition) is 3. The Hall–Kier alpha value is -1.06. The molecule has 1 aromatic carbocycles. The Morgan fingerprint density at radius 3 is 3.06 bits per heavy atom. The van der Waals surface area contributed by atoms with Crippen molar-refractivity contribution in [2.24, 2.45) is 0 Å². The van der Waals surface area contributed by atoms with Crippen LogP contribution in [0.5, 0.6) is 0 Å². The highest BCUT2D eigenvalue weighted by atomic mass is 16.5. The van der Waals surface area contributed by atoms with Gasteiger partial charge in [0.2, 0.25) is 0 Å². The van der Waals surface area contributed by atoms with Crippen molar-refractivity contribution < 1.29 is 4.74 Å². The van der Waals surface area contributed by atoms with Gasteiger partial charge in [0.15, 0.2) is 0 Å². The first kappa shape index (κ1) is 13.4. The van der Waals surface area contributed by atoms with Gasteiger partial charge in [-0.1, -0.05) is 12.1 Å². The number of nitrogens with two attached hydrogens (primary N) is 1. The number of benzene rings is 1. The minimum Gasteiger partial charge on any atom is -0.399 e. The van der Waals surface area contributed by atoms with Crippen LogP contribution in [0.15, 0.2) is 24.3 Å². The van der Waals surface area contributed by atoms with Gasteiger partial charge in [-0.15, -0.1) is 0 Å². The van der Waals surface area contributed by atoms with E-state index in [2.05, 4.69) is 24.4 Å². The molecule has 1 saturated heterocycles. The molecule has 100 valence electrons. The molecule has 3 N–H and O–H groups in total. The molecule has 1 aliphatic heterocycles. The summed E-state index contributed by atoms with van der Waals surface area (Å²) in [6, 6.07) is 8.14. The number of rotatable bonds is 6. The SMILES string of the molecule is CC1(CNCCCc2cccc(N)c2)CCCO1. The van der Waals surface area contributed by atoms with Crippen molar-refractivity contribution in [1.29, 1.82) is 0 Å². The van der Waals surface area contributed by atoms with Crippen LogP contribution in [0.2, 0.25) is 0 Å². The molecule has 1 atom stereocenters. The monoisotopic (exact) mass is 248 g/mol. The molecule has 1 fully saturated rings. The summed E-state index contributed by atoms with van der Waals surface area (Å²) in [6.45, 7) is 5.12. The molecule has 3 heteroatoms. The van der Waals surface area contributed by atoms with E-state index in [1.165, 1.54) is 18.4 Å². The molecule has 1 aromatic rings. The first-order valence-corrected chi connectivity index (χ1v) is 6.87. The highest BCUT2D eigenvalue weighted by molar-refractivity contribution is 5.40. The molecule has 0 saturated carbocycles. The summed E-state index contributed by atoms with van der Waals surface area (Å²) in [6.07, 6.45) is 4.59. The second kappa shape index (κ2) is 6.21. The maximum Gasteiger partial charge on any atom is 0.0779 e. The van der Waals surface area contributed by atoms with Crippen molar-refractivity contribution in [3.05, 3.63) is 29.8 Å². The van der Waals surface area contributed by atoms with Gasteiger partial charge in [-0.3, -0.25) is 0 Å². The van der Waals surface area contributed by atoms with Crippen LogP contribution in [0.3, 0.4) is 0 Å². The summed E-state index contributed by atoms with van der Waals surface area (Å²) in [5.41, 5.74) is 8.00. The lowest BCUT2D eigenvalue weighted by Gasteiger charge is -2.23. The van der Waals surface area contributed by atoms with E-state index in [0.717, 1.165) is 38.2 Å². The summed E-state index contributed by atoms with van der Waals surface area (Å²) >= 11 is 0. The van der Waals surface area contributed by atoms with E-state index < -0.39 is 0 Å². The second-order valence-electron chi connectivity index (χ2n) is 5.43. The Balaban J connectivity index is 1.61. The Labute approximate surface area is 110 Å². The molecule has 0 aromatic heterocycles. The highest BCUT2D eigenvalue weighted by Crippen LogP contribution is 2.23. The fraction of sp³-hybridized carbons (Fsp3) is 0.600. The van der Waals surface area contributed by atoms with Crippen LogP contribution >= 0.6 is 0 Å². The normalized spacial score (nSPS) is 23.4. The van der Waals surface area contributed by atoms with E-state index in [9.17, 15) is 0 Å². The first-order chi connectivity index (χ1) is 8.68. The molecule has 0 bridgehead atoms. The predicted octanol–water partition coefficient (Wildman–Crippen LogP) is 2.36. The predicted molar refractivity (Wildman–Crippen MR) is 75.6 cm³/mol. The van der Waals surface area contributed by atoms with Crippen LogP contribution in [-0.2, 0) is 11.2 Å². The summed E-state index contributed by atoms with van der Waals surface area (Å²) in [5, 5.41) is 3.50. The topological polar surface area (TPSA) is 47.3 Å². The number of ether oxygens (including phenoxy) is 1. The lowest BCUT2D eigenvalue weighted by Crippen LogP contribution is -2.37. The molecule has 0 spiro atoms. The lowest BCUT2D eigenvalue weighted by atomic mass is 10.0. The van der Waals surface area contributed by atoms with Crippen molar-refractivity contribution >= 4 is 5.69 Å². The molecule has 1 heterocycles. The van der Waals surface area contributed by atoms with Gasteiger partial charge in [-0.25, -0.2) is 0 Å². The molecule has 3 nitrogen and oxygen atoms in total. The van der Waals surface area contributed by atoms with Crippen LogP contribution in [0.4, 0.5) is 5.69 Å². The summed E-state index contributed by atoms with van der Waals surface area (Å²) in [5.74, 6) is 0. The fourth-order valence-corrected chi connectivity index (χ4v) is 2.50. The van der Waals surface area contributed by atoms with Gasteiger partial charge in [0, 0.05) is 18.8 Å². The number of hydrogen-bond donors (Lipinski definition) is 2. The Bertz CT molecular complexity index is 373. The summed E-state index contributed by atoms with van der Waals surface area (Å²) < 4.78 is 5.74. The minimum absolute atomic E-state index is 0.0666. The largest absolute Gasteiger partial charge is 0.399 e. The van der Waals surface area contributed by atoms with Crippen LogP contribution in [0.1, 0.15) is 31.7 Å². The van der Waals surface area contributed by atoms with Crippen molar-refractivity contribution in [2.45, 2.75) is 38.2 Å². The van der Waals surface area contributed by atoms with Gasteiger partial charge in [-0.05, 0) is 56.8 Å². The van der Waals surface area contributed by atoms with Gasteiger partial charge in [-0.2, -0.15) is 0 Å². The maximum absolute atomic E-state index is 5.76. The van der Waals surface area contributed by atoms with E-state index in [1.54, 1.807) is 0 Å². The average molecular weight is 248 g/mol. The van der Waals surface area contributed by atoms with Gasteiger partial charge in [0.25, 0.3) is 0 Å². The molecule has 0 aliphatic carbocycles. The Morgan fingerprint density at radius 2 is 2.33 bits per heavy atom. The Morgan fingerprint density at radius 1 is 1.44 bits per heavy atom. The molecule has 18 heavy (non-hydrogen) atoms. The van der Waals surface area contributed by atoms with E-state index in [0.29, 0.717) is 0 Å². The van der Waals surface area contributed by atoms with E-state index in [-0.39, 0.29) is 5.60 Å². The molecule has 0 radical (unpaired) electrons. The van der Waals surface area contributed by atoms with Crippen LogP contribution in [0, 0.1) is 0 Å². The fourth-order valence-electron chi connectivity index (χ4n) is 2.50. The highest BCUT2D eigenvalue weighted by Gasteiger charge is 2.28. The van der Waals surface area contributed by atoms with E-state index in [4.69, 9.17) is 10.5 Å². The number of nitrogens with one attached hydrogen (secondary N) is 1. The third-order valence-corrected chi connectivity index (χ3v) is 3.57. The van der Waals surface area contributed by atoms with E-state index in [1.807, 2.05) is 12.1 Å². The van der Waals surface area contributed by atoms with Gasteiger partial charge < -0.3 is 15.8 Å². The van der Waals surface area contributed by atoms with Gasteiger partial charge in [0.1, 0.15) is 0 Å². The van der Waals surface area contributed by atoms with Gasteiger partial charge in [0.05, 0.1) is 5.60 Å². The second-order valence-corrected chi connectivity index (χ2v) is 5.43. The first-order valence-electron chi connectivity index (χ1n) is 6.87. The van der Waals surface area contributed by atoms with Crippen molar-refractivity contribution in [3.8, 4) is 0 Å². The third-order valence-electron chi connectivity index (χ3n) is 3.57. The van der Waals surface area contributed by atoms with Crippen LogP contribution in [-0.4, -0.2) is 25.3 Å². The lowest BCUT2D eigenvalue weighted by molar-refractivity contribution is 0.0210. The van der Waals surface area contributed by atoms with Crippen molar-refractivity contribution in [2.75, 3.05) is 25.4 Å². The number of anilines is 1. The molecular formula is C15H24N2O. The summed E-state index contributed by atoms with van der Waals surface area (Å²) in [4.78, 5) is 0. The molecule has 2 rings (SSSR count). The molecular weight excluding hydrogens is 224 g/mol. The number of aryl methyl sites for hydroxylation is 1. The average Bonchev–Trinajstić information content (AvgIpc) is 2.76.